The van der Waals surface area contributed by atoms with Gasteiger partial charge in [-0.3, -0.25) is 9.59 Å². The molecule has 5 heteroatoms. The average Bonchev–Trinajstić information content (AvgIpc) is 2.48. The number of hydrogen-bond acceptors (Lipinski definition) is 4. The maximum absolute atomic E-state index is 11.3. The minimum absolute atomic E-state index is 0.172. The number of ether oxygens (including phenoxy) is 1. The second-order valence-corrected chi connectivity index (χ2v) is 6.69. The standard InChI is InChI=1S/C17H22N2O3.C2H6/c1-11(20)19-9-17(10-19)7-14(8-17)12-3-4-13(15(18)5-12)6-16(21)22-2;1-2/h3-5,14H,6-10,18H2,1-2H3;1-2H3. The zero-order valence-electron chi connectivity index (χ0n) is 15.1. The number of likely N-dealkylation sites (tertiary alicyclic amines) is 1. The van der Waals surface area contributed by atoms with Gasteiger partial charge in [0.2, 0.25) is 5.91 Å². The Kier molecular flexibility index (Phi) is 5.52. The maximum atomic E-state index is 11.3. The largest absolute Gasteiger partial charge is 0.469 e. The first kappa shape index (κ1) is 18.3. The van der Waals surface area contributed by atoms with Gasteiger partial charge in [0.15, 0.2) is 0 Å². The van der Waals surface area contributed by atoms with Crippen LogP contribution in [0.15, 0.2) is 18.2 Å². The lowest BCUT2D eigenvalue weighted by molar-refractivity contribution is -0.149. The molecule has 1 saturated heterocycles. The summed E-state index contributed by atoms with van der Waals surface area (Å²) < 4.78 is 4.67. The summed E-state index contributed by atoms with van der Waals surface area (Å²) in [7, 11) is 1.38. The van der Waals surface area contributed by atoms with Crippen molar-refractivity contribution in [1.29, 1.82) is 0 Å². The first-order chi connectivity index (χ1) is 11.4. The molecule has 2 aliphatic rings. The van der Waals surface area contributed by atoms with Crippen LogP contribution in [0.1, 0.15) is 50.7 Å². The van der Waals surface area contributed by atoms with Crippen LogP contribution in [0, 0.1) is 5.41 Å². The molecule has 1 aromatic carbocycles. The summed E-state index contributed by atoms with van der Waals surface area (Å²) in [5.74, 6) is 0.412. The number of nitrogen functional groups attached to an aromatic ring is 1. The zero-order valence-corrected chi connectivity index (χ0v) is 15.1. The fourth-order valence-electron chi connectivity index (χ4n) is 3.72. The van der Waals surface area contributed by atoms with Crippen molar-refractivity contribution in [3.8, 4) is 0 Å². The lowest BCUT2D eigenvalue weighted by Crippen LogP contribution is -2.62. The monoisotopic (exact) mass is 332 g/mol. The Morgan fingerprint density at radius 3 is 2.42 bits per heavy atom. The van der Waals surface area contributed by atoms with Crippen molar-refractivity contribution in [2.24, 2.45) is 5.41 Å². The van der Waals surface area contributed by atoms with Crippen molar-refractivity contribution >= 4 is 17.6 Å². The van der Waals surface area contributed by atoms with E-state index in [1.807, 2.05) is 30.9 Å². The summed E-state index contributed by atoms with van der Waals surface area (Å²) >= 11 is 0. The van der Waals surface area contributed by atoms with Crippen molar-refractivity contribution in [2.75, 3.05) is 25.9 Å². The molecule has 2 fully saturated rings. The molecule has 0 bridgehead atoms. The number of carbonyl (C=O) groups is 2. The Morgan fingerprint density at radius 1 is 1.29 bits per heavy atom. The normalized spacial score (nSPS) is 18.1. The predicted molar refractivity (Wildman–Crippen MR) is 94.6 cm³/mol. The SMILES string of the molecule is CC.COC(=O)Cc1ccc(C2CC3(C2)CN(C(C)=O)C3)cc1N. The molecule has 132 valence electrons. The van der Waals surface area contributed by atoms with Gasteiger partial charge in [0.1, 0.15) is 0 Å². The summed E-state index contributed by atoms with van der Waals surface area (Å²) in [6.45, 7) is 7.42. The van der Waals surface area contributed by atoms with Crippen LogP contribution in [0.3, 0.4) is 0 Å². The van der Waals surface area contributed by atoms with Crippen LogP contribution in [0.25, 0.3) is 0 Å². The molecule has 3 rings (SSSR count). The van der Waals surface area contributed by atoms with Crippen molar-refractivity contribution < 1.29 is 14.3 Å². The van der Waals surface area contributed by atoms with E-state index in [4.69, 9.17) is 5.73 Å². The van der Waals surface area contributed by atoms with Crippen molar-refractivity contribution in [2.45, 2.75) is 46.0 Å². The first-order valence-electron chi connectivity index (χ1n) is 8.63. The Hall–Kier alpha value is -2.04. The van der Waals surface area contributed by atoms with Crippen LogP contribution < -0.4 is 5.73 Å². The van der Waals surface area contributed by atoms with Crippen molar-refractivity contribution in [3.63, 3.8) is 0 Å². The Morgan fingerprint density at radius 2 is 1.92 bits per heavy atom. The number of nitrogens with two attached hydrogens (primary N) is 1. The predicted octanol–water partition coefficient (Wildman–Crippen LogP) is 2.74. The smallest absolute Gasteiger partial charge is 0.310 e. The summed E-state index contributed by atoms with van der Waals surface area (Å²) in [5.41, 5.74) is 9.10. The molecule has 1 aliphatic heterocycles. The molecule has 1 aromatic rings. The summed E-state index contributed by atoms with van der Waals surface area (Å²) in [4.78, 5) is 24.5. The third kappa shape index (κ3) is 3.55. The molecule has 5 nitrogen and oxygen atoms in total. The number of benzene rings is 1. The third-order valence-corrected chi connectivity index (χ3v) is 5.06. The topological polar surface area (TPSA) is 72.6 Å². The second kappa shape index (κ2) is 7.24. The minimum Gasteiger partial charge on any atom is -0.469 e. The van der Waals surface area contributed by atoms with Gasteiger partial charge in [0.25, 0.3) is 0 Å². The highest BCUT2D eigenvalue weighted by Crippen LogP contribution is 2.56. The molecule has 1 amide bonds. The van der Waals surface area contributed by atoms with E-state index < -0.39 is 0 Å². The number of rotatable bonds is 3. The molecule has 1 saturated carbocycles. The lowest BCUT2D eigenvalue weighted by Gasteiger charge is -2.59. The average molecular weight is 332 g/mol. The van der Waals surface area contributed by atoms with Gasteiger partial charge in [-0.25, -0.2) is 0 Å². The van der Waals surface area contributed by atoms with Crippen LogP contribution in [-0.2, 0) is 20.7 Å². The van der Waals surface area contributed by atoms with E-state index in [1.54, 1.807) is 6.92 Å². The Balaban J connectivity index is 0.00000100. The number of esters is 1. The number of nitrogens with zero attached hydrogens (tertiary/aromatic N) is 1. The van der Waals surface area contributed by atoms with Gasteiger partial charge in [-0.15, -0.1) is 0 Å². The number of carbonyl (C=O) groups excluding carboxylic acids is 2. The highest BCUT2D eigenvalue weighted by molar-refractivity contribution is 5.75. The van der Waals surface area contributed by atoms with E-state index in [9.17, 15) is 9.59 Å². The quantitative estimate of drug-likeness (QED) is 0.682. The Labute approximate surface area is 144 Å². The number of amides is 1. The zero-order chi connectivity index (χ0) is 17.9. The van der Waals surface area contributed by atoms with E-state index in [2.05, 4.69) is 10.8 Å². The van der Waals surface area contributed by atoms with Gasteiger partial charge in [0.05, 0.1) is 13.5 Å². The molecule has 0 atom stereocenters. The van der Waals surface area contributed by atoms with Crippen LogP contribution in [0.4, 0.5) is 5.69 Å². The van der Waals surface area contributed by atoms with Crippen LogP contribution in [0.5, 0.6) is 0 Å². The van der Waals surface area contributed by atoms with Crippen LogP contribution in [-0.4, -0.2) is 37.0 Å². The maximum Gasteiger partial charge on any atom is 0.310 e. The second-order valence-electron chi connectivity index (χ2n) is 6.69. The highest BCUT2D eigenvalue weighted by atomic mass is 16.5. The molecule has 2 N–H and O–H groups in total. The van der Waals surface area contributed by atoms with Gasteiger partial charge in [-0.05, 0) is 36.0 Å². The van der Waals surface area contributed by atoms with Gasteiger partial charge < -0.3 is 15.4 Å². The minimum atomic E-state index is -0.277. The molecular weight excluding hydrogens is 304 g/mol. The molecule has 0 radical (unpaired) electrons. The van der Waals surface area contributed by atoms with E-state index in [0.717, 1.165) is 31.5 Å². The summed E-state index contributed by atoms with van der Waals surface area (Å²) in [6.07, 6.45) is 2.45. The molecule has 0 unspecified atom stereocenters. The molecule has 1 aliphatic carbocycles. The van der Waals surface area contributed by atoms with Gasteiger partial charge in [0, 0.05) is 31.1 Å². The van der Waals surface area contributed by atoms with Gasteiger partial charge >= 0.3 is 5.97 Å². The first-order valence-corrected chi connectivity index (χ1v) is 8.63. The fraction of sp³-hybridized carbons (Fsp3) is 0.579. The number of hydrogen-bond donors (Lipinski definition) is 1. The van der Waals surface area contributed by atoms with E-state index in [1.165, 1.54) is 12.7 Å². The molecular formula is C19H28N2O3. The Bertz CT molecular complexity index is 613. The van der Waals surface area contributed by atoms with Crippen LogP contribution >= 0.6 is 0 Å². The molecule has 1 heterocycles. The summed E-state index contributed by atoms with van der Waals surface area (Å²) in [5, 5.41) is 0. The van der Waals surface area contributed by atoms with E-state index in [0.29, 0.717) is 17.0 Å². The number of anilines is 1. The van der Waals surface area contributed by atoms with Gasteiger partial charge in [-0.1, -0.05) is 26.0 Å². The summed E-state index contributed by atoms with van der Waals surface area (Å²) in [6, 6.07) is 5.97. The fourth-order valence-corrected chi connectivity index (χ4v) is 3.72. The lowest BCUT2D eigenvalue weighted by atomic mass is 9.56. The van der Waals surface area contributed by atoms with Crippen molar-refractivity contribution in [1.82, 2.24) is 4.90 Å². The number of methoxy groups -OCH3 is 1. The van der Waals surface area contributed by atoms with Crippen molar-refractivity contribution in [3.05, 3.63) is 29.3 Å². The molecule has 0 aromatic heterocycles. The third-order valence-electron chi connectivity index (χ3n) is 5.06. The highest BCUT2D eigenvalue weighted by Gasteiger charge is 2.53. The molecule has 1 spiro atoms. The van der Waals surface area contributed by atoms with E-state index >= 15 is 0 Å². The molecule has 24 heavy (non-hydrogen) atoms. The van der Waals surface area contributed by atoms with Crippen LogP contribution in [0.2, 0.25) is 0 Å². The van der Waals surface area contributed by atoms with Gasteiger partial charge in [-0.2, -0.15) is 0 Å². The van der Waals surface area contributed by atoms with E-state index in [-0.39, 0.29) is 18.3 Å².